The lowest BCUT2D eigenvalue weighted by Gasteiger charge is -2.21. The van der Waals surface area contributed by atoms with Gasteiger partial charge in [-0.05, 0) is 32.2 Å². The van der Waals surface area contributed by atoms with Crippen LogP contribution < -0.4 is 33.2 Å². The zero-order valence-electron chi connectivity index (χ0n) is 17.0. The molecular weight excluding hydrogens is 416 g/mol. The summed E-state index contributed by atoms with van der Waals surface area (Å²) in [5.74, 6) is -5.87. The predicted octanol–water partition coefficient (Wildman–Crippen LogP) is -3.65. The first kappa shape index (κ1) is 27.7. The minimum Gasteiger partial charge on any atom is -0.481 e. The maximum absolute atomic E-state index is 12.4. The van der Waals surface area contributed by atoms with Crippen molar-refractivity contribution in [3.8, 4) is 0 Å². The molecule has 0 radical (unpaired) electrons. The molecule has 0 aromatic carbocycles. The molecule has 0 aliphatic carbocycles. The third kappa shape index (κ3) is 12.8. The van der Waals surface area contributed by atoms with Gasteiger partial charge in [-0.15, -0.1) is 0 Å². The van der Waals surface area contributed by atoms with Gasteiger partial charge >= 0.3 is 11.9 Å². The summed E-state index contributed by atoms with van der Waals surface area (Å²) >= 11 is 0. The summed E-state index contributed by atoms with van der Waals surface area (Å²) in [6, 6.07) is -3.84. The second kappa shape index (κ2) is 14.7. The van der Waals surface area contributed by atoms with E-state index in [0.717, 1.165) is 0 Å². The third-order valence-electron chi connectivity index (χ3n) is 4.05. The van der Waals surface area contributed by atoms with Crippen LogP contribution in [0.5, 0.6) is 0 Å². The summed E-state index contributed by atoms with van der Waals surface area (Å²) in [6.45, 7) is -0.198. The number of hydrogen-bond donors (Lipinski definition) is 8. The van der Waals surface area contributed by atoms with E-state index in [9.17, 15) is 28.8 Å². The lowest BCUT2D eigenvalue weighted by Crippen LogP contribution is -2.54. The molecule has 0 fully saturated rings. The Balaban J connectivity index is 4.89. The summed E-state index contributed by atoms with van der Waals surface area (Å²) in [5.41, 5.74) is 15.9. The van der Waals surface area contributed by atoms with E-state index in [4.69, 9.17) is 27.4 Å². The molecule has 0 aromatic heterocycles. The molecule has 0 spiro atoms. The van der Waals surface area contributed by atoms with E-state index < -0.39 is 66.7 Å². The number of carboxylic acids is 2. The Morgan fingerprint density at radius 2 is 1.52 bits per heavy atom. The number of carbonyl (C=O) groups excluding carboxylic acids is 4. The van der Waals surface area contributed by atoms with Crippen LogP contribution in [0.3, 0.4) is 0 Å². The molecule has 0 saturated carbocycles. The number of primary amides is 1. The maximum atomic E-state index is 12.4. The van der Waals surface area contributed by atoms with Crippen molar-refractivity contribution in [1.82, 2.24) is 16.0 Å². The van der Waals surface area contributed by atoms with E-state index in [0.29, 0.717) is 19.4 Å². The second-order valence-corrected chi connectivity index (χ2v) is 6.73. The van der Waals surface area contributed by atoms with Crippen molar-refractivity contribution >= 4 is 35.6 Å². The number of unbranched alkanes of at least 4 members (excludes halogenated alkanes) is 1. The molecule has 3 unspecified atom stereocenters. The van der Waals surface area contributed by atoms with Gasteiger partial charge < -0.3 is 43.4 Å². The Hall–Kier alpha value is -3.26. The van der Waals surface area contributed by atoms with E-state index in [1.807, 2.05) is 0 Å². The first-order chi connectivity index (χ1) is 14.5. The molecule has 0 bridgehead atoms. The Labute approximate surface area is 178 Å². The number of amides is 4. The van der Waals surface area contributed by atoms with Crippen LogP contribution in [0.25, 0.3) is 0 Å². The van der Waals surface area contributed by atoms with Crippen LogP contribution in [0.4, 0.5) is 0 Å². The Bertz CT molecular complexity index is 671. The van der Waals surface area contributed by atoms with Gasteiger partial charge in [0.2, 0.25) is 23.6 Å². The highest BCUT2D eigenvalue weighted by molar-refractivity contribution is 5.93. The number of carboxylic acid groups (broad SMARTS) is 2. The lowest BCUT2D eigenvalue weighted by molar-refractivity contribution is -0.143. The monoisotopic (exact) mass is 446 g/mol. The number of nitrogens with two attached hydrogens (primary N) is 3. The van der Waals surface area contributed by atoms with Crippen LogP contribution >= 0.6 is 0 Å². The number of nitrogens with one attached hydrogen (secondary N) is 3. The SMILES string of the molecule is NCCCCC(NC(=O)CNC(=O)C(N)CCC(=O)O)C(=O)NC(CC(N)=O)C(=O)O. The van der Waals surface area contributed by atoms with Gasteiger partial charge in [0.15, 0.2) is 0 Å². The van der Waals surface area contributed by atoms with Crippen molar-refractivity contribution < 1.29 is 39.0 Å². The standard InChI is InChI=1S/C17H30N6O8/c18-6-2-1-3-10(16(29)23-11(17(30)31)7-12(20)24)22-13(25)8-21-15(28)9(19)4-5-14(26)27/h9-11H,1-8,18-19H2,(H2,20,24)(H,21,28)(H,22,25)(H,23,29)(H,26,27)(H,30,31). The van der Waals surface area contributed by atoms with Crippen molar-refractivity contribution in [3.63, 3.8) is 0 Å². The maximum Gasteiger partial charge on any atom is 0.326 e. The normalized spacial score (nSPS) is 13.4. The van der Waals surface area contributed by atoms with E-state index >= 15 is 0 Å². The minimum atomic E-state index is -1.56. The number of rotatable bonds is 16. The summed E-state index contributed by atoms with van der Waals surface area (Å²) in [7, 11) is 0. The fourth-order valence-electron chi connectivity index (χ4n) is 2.39. The van der Waals surface area contributed by atoms with Crippen LogP contribution in [0.15, 0.2) is 0 Å². The highest BCUT2D eigenvalue weighted by Gasteiger charge is 2.27. The zero-order valence-corrected chi connectivity index (χ0v) is 17.0. The summed E-state index contributed by atoms with van der Waals surface area (Å²) in [6.07, 6.45) is 0.0372. The van der Waals surface area contributed by atoms with Gasteiger partial charge in [0, 0.05) is 6.42 Å². The van der Waals surface area contributed by atoms with Crippen molar-refractivity contribution in [2.75, 3.05) is 13.1 Å². The number of carbonyl (C=O) groups is 6. The fraction of sp³-hybridized carbons (Fsp3) is 0.647. The van der Waals surface area contributed by atoms with Crippen molar-refractivity contribution in [2.24, 2.45) is 17.2 Å². The van der Waals surface area contributed by atoms with Gasteiger partial charge in [-0.2, -0.15) is 0 Å². The molecule has 0 saturated heterocycles. The predicted molar refractivity (Wildman–Crippen MR) is 106 cm³/mol. The molecular formula is C17H30N6O8. The van der Waals surface area contributed by atoms with E-state index in [1.54, 1.807) is 0 Å². The zero-order chi connectivity index (χ0) is 24.0. The molecule has 0 aromatic rings. The van der Waals surface area contributed by atoms with Crippen LogP contribution in [0, 0.1) is 0 Å². The van der Waals surface area contributed by atoms with Crippen LogP contribution in [0.1, 0.15) is 38.5 Å². The van der Waals surface area contributed by atoms with Crippen LogP contribution in [-0.2, 0) is 28.8 Å². The van der Waals surface area contributed by atoms with Gasteiger partial charge in [-0.25, -0.2) is 4.79 Å². The molecule has 14 heteroatoms. The fourth-order valence-corrected chi connectivity index (χ4v) is 2.39. The average Bonchev–Trinajstić information content (AvgIpc) is 2.68. The Kier molecular flexibility index (Phi) is 13.1. The largest absolute Gasteiger partial charge is 0.481 e. The van der Waals surface area contributed by atoms with Crippen molar-refractivity contribution in [2.45, 2.75) is 56.7 Å². The van der Waals surface area contributed by atoms with E-state index in [1.165, 1.54) is 0 Å². The van der Waals surface area contributed by atoms with Gasteiger partial charge in [0.25, 0.3) is 0 Å². The molecule has 3 atom stereocenters. The van der Waals surface area contributed by atoms with Gasteiger partial charge in [0.05, 0.1) is 19.0 Å². The quantitative estimate of drug-likeness (QED) is 0.108. The lowest BCUT2D eigenvalue weighted by atomic mass is 10.1. The van der Waals surface area contributed by atoms with Gasteiger partial charge in [-0.1, -0.05) is 0 Å². The molecule has 0 aliphatic rings. The molecule has 11 N–H and O–H groups in total. The minimum absolute atomic E-state index is 0.122. The van der Waals surface area contributed by atoms with E-state index in [2.05, 4.69) is 16.0 Å². The van der Waals surface area contributed by atoms with Crippen molar-refractivity contribution in [3.05, 3.63) is 0 Å². The number of aliphatic carboxylic acids is 2. The molecule has 0 rings (SSSR count). The second-order valence-electron chi connectivity index (χ2n) is 6.73. The highest BCUT2D eigenvalue weighted by Crippen LogP contribution is 2.03. The molecule has 176 valence electrons. The highest BCUT2D eigenvalue weighted by atomic mass is 16.4. The van der Waals surface area contributed by atoms with Crippen molar-refractivity contribution in [1.29, 1.82) is 0 Å². The third-order valence-corrected chi connectivity index (χ3v) is 4.05. The number of hydrogen-bond acceptors (Lipinski definition) is 8. The van der Waals surface area contributed by atoms with E-state index in [-0.39, 0.29) is 19.3 Å². The van der Waals surface area contributed by atoms with Crippen LogP contribution in [-0.4, -0.2) is 77.0 Å². The van der Waals surface area contributed by atoms with Crippen LogP contribution in [0.2, 0.25) is 0 Å². The molecule has 0 aliphatic heterocycles. The smallest absolute Gasteiger partial charge is 0.326 e. The Morgan fingerprint density at radius 3 is 2.03 bits per heavy atom. The summed E-state index contributed by atoms with van der Waals surface area (Å²) in [4.78, 5) is 69.0. The summed E-state index contributed by atoms with van der Waals surface area (Å²) in [5, 5.41) is 24.4. The first-order valence-electron chi connectivity index (χ1n) is 9.53. The molecule has 4 amide bonds. The molecule has 0 heterocycles. The topological polar surface area (TPSA) is 257 Å². The molecule has 31 heavy (non-hydrogen) atoms. The Morgan fingerprint density at radius 1 is 0.871 bits per heavy atom. The molecule has 14 nitrogen and oxygen atoms in total. The van der Waals surface area contributed by atoms with Gasteiger partial charge in [0.1, 0.15) is 12.1 Å². The average molecular weight is 446 g/mol. The first-order valence-corrected chi connectivity index (χ1v) is 9.53. The summed E-state index contributed by atoms with van der Waals surface area (Å²) < 4.78 is 0. The van der Waals surface area contributed by atoms with Gasteiger partial charge in [-0.3, -0.25) is 24.0 Å².